The van der Waals surface area contributed by atoms with Crippen molar-refractivity contribution >= 4 is 12.1 Å². The predicted octanol–water partition coefficient (Wildman–Crippen LogP) is 1.84. The minimum absolute atomic E-state index is 0.0484. The van der Waals surface area contributed by atoms with Gasteiger partial charge < -0.3 is 15.2 Å². The van der Waals surface area contributed by atoms with Crippen LogP contribution in [-0.2, 0) is 14.3 Å². The van der Waals surface area contributed by atoms with Crippen molar-refractivity contribution in [1.82, 2.24) is 0 Å². The van der Waals surface area contributed by atoms with Crippen LogP contribution in [0.5, 0.6) is 0 Å². The number of primary amides is 1. The van der Waals surface area contributed by atoms with Crippen molar-refractivity contribution < 1.29 is 19.1 Å². The second-order valence-corrected chi connectivity index (χ2v) is 3.43. The quantitative estimate of drug-likeness (QED) is 0.735. The van der Waals surface area contributed by atoms with E-state index in [-0.39, 0.29) is 18.0 Å². The largest absolute Gasteiger partial charge is 0.469 e. The number of carbonyl (C=O) groups excluding carboxylic acids is 2. The number of ether oxygens (including phenoxy) is 2. The molecular weight excluding hydrogens is 210 g/mol. The molecule has 1 amide bonds. The van der Waals surface area contributed by atoms with Gasteiger partial charge in [-0.3, -0.25) is 4.79 Å². The molecule has 0 aromatic carbocycles. The molecule has 16 heavy (non-hydrogen) atoms. The van der Waals surface area contributed by atoms with Crippen LogP contribution in [0.1, 0.15) is 39.5 Å². The Balaban J connectivity index is 0.00000106. The molecule has 0 aromatic rings. The van der Waals surface area contributed by atoms with Gasteiger partial charge in [0.05, 0.1) is 13.0 Å². The lowest BCUT2D eigenvalue weighted by atomic mass is 9.87. The van der Waals surface area contributed by atoms with Gasteiger partial charge in [-0.25, -0.2) is 4.79 Å². The van der Waals surface area contributed by atoms with Gasteiger partial charge in [0, 0.05) is 0 Å². The summed E-state index contributed by atoms with van der Waals surface area (Å²) in [5.74, 6) is -0.227. The van der Waals surface area contributed by atoms with Crippen LogP contribution in [-0.4, -0.2) is 25.3 Å². The Morgan fingerprint density at radius 2 is 1.62 bits per heavy atom. The highest BCUT2D eigenvalue weighted by Crippen LogP contribution is 2.26. The first-order chi connectivity index (χ1) is 7.63. The lowest BCUT2D eigenvalue weighted by Crippen LogP contribution is -2.30. The molecule has 0 heterocycles. The predicted molar refractivity (Wildman–Crippen MR) is 59.8 cm³/mol. The summed E-state index contributed by atoms with van der Waals surface area (Å²) < 4.78 is 9.47. The molecule has 0 aliphatic heterocycles. The summed E-state index contributed by atoms with van der Waals surface area (Å²) in [5, 5.41) is 0. The highest BCUT2D eigenvalue weighted by atomic mass is 16.6. The van der Waals surface area contributed by atoms with Crippen LogP contribution in [0.15, 0.2) is 0 Å². The van der Waals surface area contributed by atoms with Crippen molar-refractivity contribution in [2.24, 2.45) is 11.7 Å². The second-order valence-electron chi connectivity index (χ2n) is 3.43. The zero-order valence-corrected chi connectivity index (χ0v) is 10.2. The van der Waals surface area contributed by atoms with Crippen molar-refractivity contribution in [1.29, 1.82) is 0 Å². The first-order valence-corrected chi connectivity index (χ1v) is 5.67. The van der Waals surface area contributed by atoms with Gasteiger partial charge in [0.15, 0.2) is 0 Å². The van der Waals surface area contributed by atoms with Crippen LogP contribution in [0.4, 0.5) is 4.79 Å². The van der Waals surface area contributed by atoms with E-state index in [1.807, 2.05) is 13.8 Å². The van der Waals surface area contributed by atoms with E-state index < -0.39 is 6.09 Å². The summed E-state index contributed by atoms with van der Waals surface area (Å²) in [6.45, 7) is 4.00. The third-order valence-electron chi connectivity index (χ3n) is 2.49. The number of esters is 1. The number of rotatable bonds is 2. The number of hydrogen-bond donors (Lipinski definition) is 1. The Kier molecular flexibility index (Phi) is 7.33. The Morgan fingerprint density at radius 1 is 1.12 bits per heavy atom. The molecule has 5 nitrogen and oxygen atoms in total. The van der Waals surface area contributed by atoms with E-state index in [0.717, 1.165) is 0 Å². The van der Waals surface area contributed by atoms with E-state index >= 15 is 0 Å². The van der Waals surface area contributed by atoms with Crippen molar-refractivity contribution in [3.05, 3.63) is 0 Å². The first kappa shape index (κ1) is 14.7. The fraction of sp³-hybridized carbons (Fsp3) is 0.818. The number of methoxy groups -OCH3 is 1. The van der Waals surface area contributed by atoms with E-state index in [0.29, 0.717) is 25.7 Å². The average Bonchev–Trinajstić information content (AvgIpc) is 2.31. The molecule has 5 heteroatoms. The van der Waals surface area contributed by atoms with Gasteiger partial charge in [-0.1, -0.05) is 13.8 Å². The Morgan fingerprint density at radius 3 is 2.00 bits per heavy atom. The Bertz CT molecular complexity index is 222. The monoisotopic (exact) mass is 231 g/mol. The fourth-order valence-corrected chi connectivity index (χ4v) is 1.75. The minimum atomic E-state index is -0.744. The standard InChI is InChI=1S/C9H15NO4.C2H6/c1-13-8(11)6-2-4-7(5-3-6)14-9(10)12;1-2/h6-7H,2-5H2,1H3,(H2,10,12);1-2H3. The van der Waals surface area contributed by atoms with Gasteiger partial charge in [0.25, 0.3) is 0 Å². The van der Waals surface area contributed by atoms with Crippen molar-refractivity contribution in [3.63, 3.8) is 0 Å². The minimum Gasteiger partial charge on any atom is -0.469 e. The first-order valence-electron chi connectivity index (χ1n) is 5.67. The molecule has 0 spiro atoms. The maximum absolute atomic E-state index is 11.1. The number of hydrogen-bond acceptors (Lipinski definition) is 4. The van der Waals surface area contributed by atoms with Crippen molar-refractivity contribution in [2.75, 3.05) is 7.11 Å². The van der Waals surface area contributed by atoms with Crippen LogP contribution in [0, 0.1) is 5.92 Å². The Labute approximate surface area is 96.3 Å². The summed E-state index contributed by atoms with van der Waals surface area (Å²) in [7, 11) is 1.38. The van der Waals surface area contributed by atoms with Crippen LogP contribution in [0.25, 0.3) is 0 Å². The summed E-state index contributed by atoms with van der Waals surface area (Å²) in [5.41, 5.74) is 4.89. The second kappa shape index (κ2) is 7.96. The van der Waals surface area contributed by atoms with Gasteiger partial charge in [-0.2, -0.15) is 0 Å². The van der Waals surface area contributed by atoms with E-state index in [1.54, 1.807) is 0 Å². The van der Waals surface area contributed by atoms with Crippen LogP contribution in [0.2, 0.25) is 0 Å². The molecule has 0 radical (unpaired) electrons. The highest BCUT2D eigenvalue weighted by Gasteiger charge is 2.28. The van der Waals surface area contributed by atoms with Gasteiger partial charge in [-0.05, 0) is 25.7 Å². The third-order valence-corrected chi connectivity index (χ3v) is 2.49. The zero-order valence-electron chi connectivity index (χ0n) is 10.2. The molecule has 1 aliphatic carbocycles. The molecule has 0 bridgehead atoms. The lowest BCUT2D eigenvalue weighted by Gasteiger charge is -2.25. The van der Waals surface area contributed by atoms with E-state index in [1.165, 1.54) is 7.11 Å². The van der Waals surface area contributed by atoms with E-state index in [9.17, 15) is 9.59 Å². The normalized spacial score (nSPS) is 23.7. The van der Waals surface area contributed by atoms with Crippen LogP contribution in [0.3, 0.4) is 0 Å². The molecule has 1 aliphatic rings. The smallest absolute Gasteiger partial charge is 0.404 e. The molecule has 0 atom stereocenters. The van der Waals surface area contributed by atoms with E-state index in [4.69, 9.17) is 10.5 Å². The maximum atomic E-state index is 11.1. The Hall–Kier alpha value is -1.26. The summed E-state index contributed by atoms with van der Waals surface area (Å²) in [6, 6.07) is 0. The maximum Gasteiger partial charge on any atom is 0.404 e. The molecule has 1 fully saturated rings. The number of carbonyl (C=O) groups is 2. The molecule has 1 saturated carbocycles. The van der Waals surface area contributed by atoms with Crippen molar-refractivity contribution in [2.45, 2.75) is 45.6 Å². The molecule has 2 N–H and O–H groups in total. The average molecular weight is 231 g/mol. The van der Waals surface area contributed by atoms with Crippen LogP contribution >= 0.6 is 0 Å². The third kappa shape index (κ3) is 5.00. The lowest BCUT2D eigenvalue weighted by molar-refractivity contribution is -0.147. The molecule has 1 rings (SSSR count). The number of nitrogens with two attached hydrogens (primary N) is 1. The molecule has 0 unspecified atom stereocenters. The fourth-order valence-electron chi connectivity index (χ4n) is 1.75. The SMILES string of the molecule is CC.COC(=O)C1CCC(OC(N)=O)CC1. The van der Waals surface area contributed by atoms with Gasteiger partial charge >= 0.3 is 12.1 Å². The van der Waals surface area contributed by atoms with E-state index in [2.05, 4.69) is 4.74 Å². The summed E-state index contributed by atoms with van der Waals surface area (Å²) in [6.07, 6.45) is 1.89. The molecule has 0 saturated heterocycles. The van der Waals surface area contributed by atoms with Crippen LogP contribution < -0.4 is 5.73 Å². The summed E-state index contributed by atoms with van der Waals surface area (Å²) >= 11 is 0. The van der Waals surface area contributed by atoms with Gasteiger partial charge in [0.2, 0.25) is 0 Å². The van der Waals surface area contributed by atoms with Gasteiger partial charge in [-0.15, -0.1) is 0 Å². The summed E-state index contributed by atoms with van der Waals surface area (Å²) in [4.78, 5) is 21.6. The zero-order chi connectivity index (χ0) is 12.6. The molecule has 0 aromatic heterocycles. The number of amides is 1. The van der Waals surface area contributed by atoms with Crippen molar-refractivity contribution in [3.8, 4) is 0 Å². The van der Waals surface area contributed by atoms with Gasteiger partial charge in [0.1, 0.15) is 6.10 Å². The molecule has 94 valence electrons. The highest BCUT2D eigenvalue weighted by molar-refractivity contribution is 5.72. The molecular formula is C11H21NO4. The topological polar surface area (TPSA) is 78.6 Å².